The minimum Gasteiger partial charge on any atom is -0.294 e. The summed E-state index contributed by atoms with van der Waals surface area (Å²) in [6.07, 6.45) is 1.58. The molecule has 26 heavy (non-hydrogen) atoms. The van der Waals surface area contributed by atoms with Crippen LogP contribution < -0.4 is 5.56 Å². The SMILES string of the molecule is Cc1sc2ncn(Cc3ccc(Cl)cc3Cl)c(=O)c2c1-c1ccccc1. The van der Waals surface area contributed by atoms with Gasteiger partial charge in [-0.1, -0.05) is 59.6 Å². The molecule has 2 aromatic carbocycles. The normalized spacial score (nSPS) is 11.2. The van der Waals surface area contributed by atoms with E-state index in [1.54, 1.807) is 23.0 Å². The van der Waals surface area contributed by atoms with Gasteiger partial charge in [0.25, 0.3) is 5.56 Å². The smallest absolute Gasteiger partial charge is 0.263 e. The van der Waals surface area contributed by atoms with E-state index in [4.69, 9.17) is 23.2 Å². The molecule has 0 aliphatic heterocycles. The molecule has 0 atom stereocenters. The number of aryl methyl sites for hydroxylation is 1. The lowest BCUT2D eigenvalue weighted by atomic mass is 10.0. The van der Waals surface area contributed by atoms with Gasteiger partial charge in [-0.15, -0.1) is 11.3 Å². The van der Waals surface area contributed by atoms with Crippen molar-refractivity contribution in [3.05, 3.63) is 85.7 Å². The van der Waals surface area contributed by atoms with Crippen LogP contribution >= 0.6 is 34.5 Å². The zero-order valence-corrected chi connectivity index (χ0v) is 16.2. The summed E-state index contributed by atoms with van der Waals surface area (Å²) in [5.41, 5.74) is 2.74. The number of benzene rings is 2. The molecule has 2 aromatic heterocycles. The highest BCUT2D eigenvalue weighted by Crippen LogP contribution is 2.35. The van der Waals surface area contributed by atoms with Gasteiger partial charge in [-0.05, 0) is 30.2 Å². The fourth-order valence-corrected chi connectivity index (χ4v) is 4.51. The molecule has 0 fully saturated rings. The number of aromatic nitrogens is 2. The van der Waals surface area contributed by atoms with Gasteiger partial charge < -0.3 is 0 Å². The fraction of sp³-hybridized carbons (Fsp3) is 0.100. The van der Waals surface area contributed by atoms with Crippen molar-refractivity contribution in [1.82, 2.24) is 9.55 Å². The molecule has 6 heteroatoms. The molecule has 0 saturated carbocycles. The Morgan fingerprint density at radius 2 is 1.88 bits per heavy atom. The lowest BCUT2D eigenvalue weighted by Crippen LogP contribution is -2.21. The summed E-state index contributed by atoms with van der Waals surface area (Å²) in [6, 6.07) is 15.2. The predicted octanol–water partition coefficient (Wildman–Crippen LogP) is 5.79. The standard InChI is InChI=1S/C20H14Cl2N2OS/c1-12-17(13-5-3-2-4-6-13)18-19(26-12)23-11-24(20(18)25)10-14-7-8-15(21)9-16(14)22/h2-9,11H,10H2,1H3. The third-order valence-electron chi connectivity index (χ3n) is 4.27. The van der Waals surface area contributed by atoms with Crippen molar-refractivity contribution in [2.75, 3.05) is 0 Å². The molecule has 4 rings (SSSR count). The average Bonchev–Trinajstić information content (AvgIpc) is 2.97. The average molecular weight is 401 g/mol. The number of nitrogens with zero attached hydrogens (tertiary/aromatic N) is 2. The van der Waals surface area contributed by atoms with Crippen LogP contribution in [-0.4, -0.2) is 9.55 Å². The van der Waals surface area contributed by atoms with Gasteiger partial charge in [-0.3, -0.25) is 9.36 Å². The van der Waals surface area contributed by atoms with Crippen molar-refractivity contribution in [3.63, 3.8) is 0 Å². The van der Waals surface area contributed by atoms with Crippen LogP contribution in [0.15, 0.2) is 59.7 Å². The van der Waals surface area contributed by atoms with E-state index in [1.807, 2.05) is 43.3 Å². The lowest BCUT2D eigenvalue weighted by molar-refractivity contribution is 0.749. The first-order valence-corrected chi connectivity index (χ1v) is 9.59. The second-order valence-electron chi connectivity index (χ2n) is 5.99. The minimum atomic E-state index is -0.0655. The Hall–Kier alpha value is -2.14. The molecule has 130 valence electrons. The van der Waals surface area contributed by atoms with E-state index < -0.39 is 0 Å². The van der Waals surface area contributed by atoms with E-state index in [0.717, 1.165) is 26.4 Å². The molecule has 0 aliphatic rings. The molecule has 0 spiro atoms. The van der Waals surface area contributed by atoms with E-state index in [1.165, 1.54) is 11.3 Å². The summed E-state index contributed by atoms with van der Waals surface area (Å²) in [4.78, 5) is 19.5. The highest BCUT2D eigenvalue weighted by Gasteiger charge is 2.17. The Morgan fingerprint density at radius 3 is 2.62 bits per heavy atom. The third-order valence-corrected chi connectivity index (χ3v) is 5.87. The molecule has 0 aliphatic carbocycles. The van der Waals surface area contributed by atoms with E-state index in [0.29, 0.717) is 22.0 Å². The van der Waals surface area contributed by atoms with Gasteiger partial charge in [-0.2, -0.15) is 0 Å². The Morgan fingerprint density at radius 1 is 1.12 bits per heavy atom. The maximum absolute atomic E-state index is 13.2. The Balaban J connectivity index is 1.88. The van der Waals surface area contributed by atoms with Crippen LogP contribution in [0.5, 0.6) is 0 Å². The van der Waals surface area contributed by atoms with E-state index in [-0.39, 0.29) is 5.56 Å². The fourth-order valence-electron chi connectivity index (χ4n) is 3.04. The largest absolute Gasteiger partial charge is 0.294 e. The highest BCUT2D eigenvalue weighted by molar-refractivity contribution is 7.19. The number of thiophene rings is 1. The van der Waals surface area contributed by atoms with E-state index >= 15 is 0 Å². The van der Waals surface area contributed by atoms with Crippen molar-refractivity contribution in [3.8, 4) is 11.1 Å². The first kappa shape index (κ1) is 17.3. The van der Waals surface area contributed by atoms with Gasteiger partial charge in [0.1, 0.15) is 4.83 Å². The van der Waals surface area contributed by atoms with Crippen LogP contribution in [0.3, 0.4) is 0 Å². The van der Waals surface area contributed by atoms with Crippen molar-refractivity contribution in [1.29, 1.82) is 0 Å². The van der Waals surface area contributed by atoms with Crippen molar-refractivity contribution < 1.29 is 0 Å². The Bertz CT molecular complexity index is 1170. The quantitative estimate of drug-likeness (QED) is 0.436. The number of rotatable bonds is 3. The number of hydrogen-bond donors (Lipinski definition) is 0. The molecule has 3 nitrogen and oxygen atoms in total. The summed E-state index contributed by atoms with van der Waals surface area (Å²) >= 11 is 13.8. The lowest BCUT2D eigenvalue weighted by Gasteiger charge is -2.08. The van der Waals surface area contributed by atoms with Crippen LogP contribution in [-0.2, 0) is 6.54 Å². The molecule has 2 heterocycles. The third kappa shape index (κ3) is 3.05. The predicted molar refractivity (Wildman–Crippen MR) is 110 cm³/mol. The summed E-state index contributed by atoms with van der Waals surface area (Å²) in [5.74, 6) is 0. The molecule has 4 aromatic rings. The van der Waals surface area contributed by atoms with Crippen LogP contribution in [0.2, 0.25) is 10.0 Å². The Labute approximate surface area is 164 Å². The highest BCUT2D eigenvalue weighted by atomic mass is 35.5. The van der Waals surface area contributed by atoms with Crippen molar-refractivity contribution >= 4 is 44.8 Å². The first-order valence-electron chi connectivity index (χ1n) is 8.02. The number of fused-ring (bicyclic) bond motifs is 1. The summed E-state index contributed by atoms with van der Waals surface area (Å²) in [7, 11) is 0. The van der Waals surface area contributed by atoms with Gasteiger partial charge in [0.2, 0.25) is 0 Å². The Kier molecular flexibility index (Phi) is 4.57. The molecular weight excluding hydrogens is 387 g/mol. The van der Waals surface area contributed by atoms with Crippen molar-refractivity contribution in [2.24, 2.45) is 0 Å². The summed E-state index contributed by atoms with van der Waals surface area (Å²) < 4.78 is 1.59. The molecule has 0 radical (unpaired) electrons. The van der Waals surface area contributed by atoms with E-state index in [2.05, 4.69) is 4.98 Å². The molecule has 0 amide bonds. The summed E-state index contributed by atoms with van der Waals surface area (Å²) in [6.45, 7) is 2.37. The second kappa shape index (κ2) is 6.88. The monoisotopic (exact) mass is 400 g/mol. The first-order chi connectivity index (χ1) is 12.5. The van der Waals surface area contributed by atoms with Crippen molar-refractivity contribution in [2.45, 2.75) is 13.5 Å². The molecule has 0 unspecified atom stereocenters. The minimum absolute atomic E-state index is 0.0655. The van der Waals surface area contributed by atoms with E-state index in [9.17, 15) is 4.79 Å². The van der Waals surface area contributed by atoms with Gasteiger partial charge in [-0.25, -0.2) is 4.98 Å². The van der Waals surface area contributed by atoms with Crippen LogP contribution in [0.1, 0.15) is 10.4 Å². The summed E-state index contributed by atoms with van der Waals surface area (Å²) in [5, 5.41) is 1.76. The number of halogens is 2. The molecule has 0 bridgehead atoms. The molecular formula is C20H14Cl2N2OS. The topological polar surface area (TPSA) is 34.9 Å². The zero-order valence-electron chi connectivity index (χ0n) is 13.9. The maximum atomic E-state index is 13.2. The molecule has 0 saturated heterocycles. The van der Waals surface area contributed by atoms with Gasteiger partial charge in [0.15, 0.2) is 0 Å². The van der Waals surface area contributed by atoms with Gasteiger partial charge in [0, 0.05) is 20.5 Å². The molecule has 0 N–H and O–H groups in total. The maximum Gasteiger partial charge on any atom is 0.263 e. The van der Waals surface area contributed by atoms with Crippen LogP contribution in [0.25, 0.3) is 21.3 Å². The van der Waals surface area contributed by atoms with Crippen LogP contribution in [0, 0.1) is 6.92 Å². The van der Waals surface area contributed by atoms with Crippen LogP contribution in [0.4, 0.5) is 0 Å². The zero-order chi connectivity index (χ0) is 18.3. The van der Waals surface area contributed by atoms with Gasteiger partial charge in [0.05, 0.1) is 18.3 Å². The second-order valence-corrected chi connectivity index (χ2v) is 8.04. The number of hydrogen-bond acceptors (Lipinski definition) is 3. The van der Waals surface area contributed by atoms with Gasteiger partial charge >= 0.3 is 0 Å².